The molecule has 73 heavy (non-hydrogen) atoms. The van der Waals surface area contributed by atoms with E-state index < -0.39 is 37.2 Å². The molecule has 8 aromatic carbocycles. The van der Waals surface area contributed by atoms with Crippen LogP contribution in [0.5, 0.6) is 11.5 Å². The standard InChI is InChI=1S/C68H64N4O/c1-44-20-17-21-45(2)64(44)48-30-33-60-62(37-48)70(43-71(60)65-57(46-22-13-12-14-23-46)38-51(68(9,10)11)39-58(65)47-24-18-25-49(36-47)66(3,4)5)52-26-19-27-53(41-52)73-54-31-32-56-55-28-15-16-29-59(55)72(61(56)42-54)63-40-50(34-35-69-63)67(6,7)8/h12-42H,1-11H3/i1D3,2D3,12D,13D,14D,22D,23D. The van der Waals surface area contributed by atoms with Crippen LogP contribution in [-0.4, -0.2) is 14.1 Å². The maximum Gasteiger partial charge on any atom is 0.269 e. The van der Waals surface area contributed by atoms with Gasteiger partial charge in [0.25, 0.3) is 6.33 Å². The molecular formula is C68H64N4O. The lowest BCUT2D eigenvalue weighted by Gasteiger charge is -2.26. The van der Waals surface area contributed by atoms with E-state index in [2.05, 4.69) is 116 Å². The summed E-state index contributed by atoms with van der Waals surface area (Å²) in [6, 6.07) is 45.3. The summed E-state index contributed by atoms with van der Waals surface area (Å²) in [6.45, 7) is 13.7. The van der Waals surface area contributed by atoms with Crippen LogP contribution in [0.25, 0.3) is 83.4 Å². The minimum Gasteiger partial charge on any atom is -0.458 e. The monoisotopic (exact) mass is 964 g/mol. The number of nitrogens with zero attached hydrogens (tertiary/aromatic N) is 4. The highest BCUT2D eigenvalue weighted by Crippen LogP contribution is 2.42. The lowest BCUT2D eigenvalue weighted by molar-refractivity contribution is -0.571. The molecule has 0 aliphatic heterocycles. The van der Waals surface area contributed by atoms with Gasteiger partial charge in [0.05, 0.1) is 40.3 Å². The lowest BCUT2D eigenvalue weighted by Crippen LogP contribution is -2.32. The normalized spacial score (nSPS) is 14.8. The lowest BCUT2D eigenvalue weighted by atomic mass is 9.81. The number of rotatable bonds is 8. The van der Waals surface area contributed by atoms with Gasteiger partial charge in [0.1, 0.15) is 17.3 Å². The molecule has 0 unspecified atom stereocenters. The first kappa shape index (κ1) is 36.0. The van der Waals surface area contributed by atoms with E-state index in [0.717, 1.165) is 49.9 Å². The molecule has 0 aliphatic rings. The zero-order chi connectivity index (χ0) is 60.3. The molecule has 3 aromatic heterocycles. The summed E-state index contributed by atoms with van der Waals surface area (Å²) in [5.74, 6) is 1.79. The first-order chi connectivity index (χ1) is 39.4. The fraction of sp³-hybridized carbons (Fsp3) is 0.206. The summed E-state index contributed by atoms with van der Waals surface area (Å²) < 4.78 is 110. The van der Waals surface area contributed by atoms with E-state index in [0.29, 0.717) is 50.6 Å². The van der Waals surface area contributed by atoms with Crippen LogP contribution in [0, 0.1) is 20.0 Å². The van der Waals surface area contributed by atoms with Gasteiger partial charge in [0.15, 0.2) is 0 Å². The van der Waals surface area contributed by atoms with Gasteiger partial charge in [0.2, 0.25) is 0 Å². The number of hydrogen-bond acceptors (Lipinski definition) is 2. The van der Waals surface area contributed by atoms with Crippen molar-refractivity contribution in [3.63, 3.8) is 0 Å². The van der Waals surface area contributed by atoms with Gasteiger partial charge in [-0.3, -0.25) is 13.7 Å². The largest absolute Gasteiger partial charge is 0.458 e. The van der Waals surface area contributed by atoms with E-state index in [-0.39, 0.29) is 45.2 Å². The highest BCUT2D eigenvalue weighted by atomic mass is 16.5. The molecule has 5 nitrogen and oxygen atoms in total. The summed E-state index contributed by atoms with van der Waals surface area (Å²) in [6.07, 6.45) is 5.50. The number of para-hydroxylation sites is 1. The first-order valence-electron chi connectivity index (χ1n) is 30.2. The molecule has 0 fully saturated rings. The third kappa shape index (κ3) is 8.81. The molecule has 3 heterocycles. The highest BCUT2D eigenvalue weighted by Gasteiger charge is 2.26. The van der Waals surface area contributed by atoms with Gasteiger partial charge in [-0.1, -0.05) is 184 Å². The predicted molar refractivity (Wildman–Crippen MR) is 304 cm³/mol. The van der Waals surface area contributed by atoms with E-state index in [4.69, 9.17) is 22.1 Å². The average Bonchev–Trinajstić information content (AvgIpc) is 1.69. The highest BCUT2D eigenvalue weighted by molar-refractivity contribution is 6.09. The number of benzene rings is 8. The van der Waals surface area contributed by atoms with Gasteiger partial charge in [-0.15, -0.1) is 0 Å². The van der Waals surface area contributed by atoms with Crippen molar-refractivity contribution in [1.29, 1.82) is 0 Å². The summed E-state index contributed by atoms with van der Waals surface area (Å²) >= 11 is 0. The van der Waals surface area contributed by atoms with Crippen LogP contribution in [0.2, 0.25) is 0 Å². The second-order valence-corrected chi connectivity index (χ2v) is 22.0. The van der Waals surface area contributed by atoms with Crippen molar-refractivity contribution in [1.82, 2.24) is 14.1 Å². The molecule has 0 spiro atoms. The molecule has 0 radical (unpaired) electrons. The van der Waals surface area contributed by atoms with Crippen molar-refractivity contribution in [2.45, 2.75) is 92.3 Å². The molecule has 362 valence electrons. The van der Waals surface area contributed by atoms with E-state index >= 15 is 0 Å². The van der Waals surface area contributed by atoms with E-state index in [9.17, 15) is 2.74 Å². The number of pyridine rings is 1. The molecule has 0 aliphatic carbocycles. The van der Waals surface area contributed by atoms with Crippen molar-refractivity contribution in [2.75, 3.05) is 0 Å². The topological polar surface area (TPSA) is 35.9 Å². The fourth-order valence-corrected chi connectivity index (χ4v) is 9.83. The van der Waals surface area contributed by atoms with E-state index in [1.165, 1.54) is 18.2 Å². The van der Waals surface area contributed by atoms with Crippen molar-refractivity contribution >= 4 is 32.8 Å². The number of fused-ring (bicyclic) bond motifs is 4. The Labute approximate surface area is 446 Å². The minimum atomic E-state index is -2.69. The van der Waals surface area contributed by atoms with Crippen LogP contribution in [0.3, 0.4) is 0 Å². The molecule has 5 heteroatoms. The summed E-state index contributed by atoms with van der Waals surface area (Å²) in [5, 5.41) is 2.08. The van der Waals surface area contributed by atoms with Crippen LogP contribution in [0.15, 0.2) is 188 Å². The predicted octanol–water partition coefficient (Wildman–Crippen LogP) is 17.5. The second kappa shape index (κ2) is 17.9. The summed E-state index contributed by atoms with van der Waals surface area (Å²) in [5.41, 5.74) is 7.96. The second-order valence-electron chi connectivity index (χ2n) is 22.0. The van der Waals surface area contributed by atoms with Crippen molar-refractivity contribution < 1.29 is 24.4 Å². The molecule has 0 N–H and O–H groups in total. The van der Waals surface area contributed by atoms with Crippen molar-refractivity contribution in [2.24, 2.45) is 0 Å². The zero-order valence-electron chi connectivity index (χ0n) is 53.7. The Kier molecular flexibility index (Phi) is 8.84. The van der Waals surface area contributed by atoms with Gasteiger partial charge >= 0.3 is 0 Å². The number of imidazole rings is 1. The Bertz CT molecular complexity index is 4390. The quantitative estimate of drug-likeness (QED) is 0.112. The maximum absolute atomic E-state index is 9.48. The molecule has 0 amide bonds. The molecule has 0 saturated carbocycles. The van der Waals surface area contributed by atoms with Gasteiger partial charge in [0, 0.05) is 31.3 Å². The van der Waals surface area contributed by atoms with Crippen molar-refractivity contribution in [3.8, 4) is 62.1 Å². The van der Waals surface area contributed by atoms with Gasteiger partial charge in [-0.05, 0) is 146 Å². The number of aromatic nitrogens is 4. The van der Waals surface area contributed by atoms with E-state index in [1.54, 1.807) is 22.8 Å². The third-order valence-electron chi connectivity index (χ3n) is 13.8. The third-order valence-corrected chi connectivity index (χ3v) is 13.8. The number of aryl methyl sites for hydroxylation is 2. The molecule has 0 bridgehead atoms. The molecule has 0 atom stereocenters. The number of ether oxygens (including phenoxy) is 1. The molecule has 0 saturated heterocycles. The van der Waals surface area contributed by atoms with Crippen LogP contribution >= 0.6 is 0 Å². The first-order valence-corrected chi connectivity index (χ1v) is 24.7. The van der Waals surface area contributed by atoms with E-state index in [1.807, 2.05) is 83.6 Å². The van der Waals surface area contributed by atoms with Gasteiger partial charge < -0.3 is 4.74 Å². The Morgan fingerprint density at radius 2 is 1.21 bits per heavy atom. The van der Waals surface area contributed by atoms with Crippen LogP contribution < -0.4 is 9.30 Å². The average molecular weight is 964 g/mol. The minimum absolute atomic E-state index is 0.00763. The van der Waals surface area contributed by atoms with Crippen LogP contribution in [0.1, 0.15) is 105 Å². The maximum atomic E-state index is 9.48. The van der Waals surface area contributed by atoms with Gasteiger partial charge in [-0.25, -0.2) is 4.98 Å². The number of hydrogen-bond donors (Lipinski definition) is 0. The van der Waals surface area contributed by atoms with Crippen molar-refractivity contribution in [3.05, 3.63) is 222 Å². The zero-order valence-corrected chi connectivity index (χ0v) is 42.7. The molecular weight excluding hydrogens is 889 g/mol. The Balaban J connectivity index is 1.20. The smallest absolute Gasteiger partial charge is 0.269 e. The fourth-order valence-electron chi connectivity index (χ4n) is 9.83. The SMILES string of the molecule is [2H]c1c([2H])c([2H])c(-c2cc(C(C)(C)C)cc(-c3cccc(C(C)(C)C)c3)c2-[n+]2[c-]n(-c3cccc(Oc4ccc5c6ccccc6n(-c6cc(C(C)(C)C)ccn6)c5c4)c3)c3cc(-c4c(C([2H])([2H])[2H])cccc4C([2H])([2H])[2H])ccc32)c([2H])c1[2H]. The molecule has 11 rings (SSSR count). The Hall–Kier alpha value is -8.02. The van der Waals surface area contributed by atoms with Crippen LogP contribution in [0.4, 0.5) is 0 Å². The summed E-state index contributed by atoms with van der Waals surface area (Å²) in [4.78, 5) is 4.87. The Morgan fingerprint density at radius 3 is 1.95 bits per heavy atom. The van der Waals surface area contributed by atoms with Gasteiger partial charge in [-0.2, -0.15) is 0 Å². The van der Waals surface area contributed by atoms with Crippen LogP contribution in [-0.2, 0) is 16.2 Å². The summed E-state index contributed by atoms with van der Waals surface area (Å²) in [7, 11) is 0. The molecule has 11 aromatic rings. The Morgan fingerprint density at radius 1 is 0.534 bits per heavy atom.